The van der Waals surface area contributed by atoms with Crippen molar-refractivity contribution in [3.05, 3.63) is 88.4 Å². The Morgan fingerprint density at radius 3 is 2.24 bits per heavy atom. The average Bonchev–Trinajstić information content (AvgIpc) is 2.81. The van der Waals surface area contributed by atoms with E-state index < -0.39 is 0 Å². The molecule has 0 atom stereocenters. The molecular weight excluding hydrogens is 502 g/mol. The zero-order chi connectivity index (χ0) is 23.6. The van der Waals surface area contributed by atoms with Gasteiger partial charge in [-0.15, -0.1) is 0 Å². The van der Waals surface area contributed by atoms with Crippen LogP contribution in [0.2, 0.25) is 0 Å². The standard InChI is InChI=1S/C25H24BrN3O3S/c1-2-23(30)27-19-9-11-20(12-10-19)28-25(33)29-24(31)18-8-13-22(21(26)16-18)32-15-14-17-6-4-3-5-7-17/h3-13,16H,2,14-15H2,1H3,(H,27,30)(H2,28,29,31,33). The summed E-state index contributed by atoms with van der Waals surface area (Å²) in [4.78, 5) is 24.0. The van der Waals surface area contributed by atoms with Crippen molar-refractivity contribution in [1.82, 2.24) is 5.32 Å². The van der Waals surface area contributed by atoms with Crippen molar-refractivity contribution in [1.29, 1.82) is 0 Å². The van der Waals surface area contributed by atoms with Crippen LogP contribution in [0.1, 0.15) is 29.3 Å². The highest BCUT2D eigenvalue weighted by atomic mass is 79.9. The van der Waals surface area contributed by atoms with Gasteiger partial charge in [-0.1, -0.05) is 37.3 Å². The zero-order valence-corrected chi connectivity index (χ0v) is 20.5. The van der Waals surface area contributed by atoms with E-state index in [0.717, 1.165) is 6.42 Å². The summed E-state index contributed by atoms with van der Waals surface area (Å²) in [7, 11) is 0. The van der Waals surface area contributed by atoms with E-state index in [1.807, 2.05) is 18.2 Å². The molecule has 0 aliphatic heterocycles. The summed E-state index contributed by atoms with van der Waals surface area (Å²) in [6, 6.07) is 22.3. The number of rotatable bonds is 8. The normalized spacial score (nSPS) is 10.2. The van der Waals surface area contributed by atoms with Crippen LogP contribution >= 0.6 is 28.1 Å². The molecule has 0 saturated heterocycles. The molecule has 6 nitrogen and oxygen atoms in total. The summed E-state index contributed by atoms with van der Waals surface area (Å²) in [5.74, 6) is 0.270. The fourth-order valence-corrected chi connectivity index (χ4v) is 3.61. The van der Waals surface area contributed by atoms with Crippen LogP contribution in [-0.4, -0.2) is 23.5 Å². The maximum absolute atomic E-state index is 12.6. The average molecular weight is 526 g/mol. The van der Waals surface area contributed by atoms with Crippen LogP contribution in [0.25, 0.3) is 0 Å². The Balaban J connectivity index is 1.50. The molecule has 0 fully saturated rings. The van der Waals surface area contributed by atoms with Gasteiger partial charge in [-0.25, -0.2) is 0 Å². The van der Waals surface area contributed by atoms with Crippen molar-refractivity contribution in [3.63, 3.8) is 0 Å². The molecule has 0 radical (unpaired) electrons. The van der Waals surface area contributed by atoms with Crippen molar-refractivity contribution in [2.75, 3.05) is 17.2 Å². The van der Waals surface area contributed by atoms with E-state index in [1.165, 1.54) is 5.56 Å². The molecule has 0 bridgehead atoms. The third kappa shape index (κ3) is 7.69. The number of ether oxygens (including phenoxy) is 1. The van der Waals surface area contributed by atoms with Crippen molar-refractivity contribution in [2.24, 2.45) is 0 Å². The van der Waals surface area contributed by atoms with Crippen LogP contribution in [0.15, 0.2) is 77.3 Å². The number of amides is 2. The van der Waals surface area contributed by atoms with Gasteiger partial charge < -0.3 is 15.4 Å². The highest BCUT2D eigenvalue weighted by Gasteiger charge is 2.11. The number of carbonyl (C=O) groups excluding carboxylic acids is 2. The number of halogens is 1. The third-order valence-corrected chi connectivity index (χ3v) is 5.48. The summed E-state index contributed by atoms with van der Waals surface area (Å²) < 4.78 is 6.52. The predicted octanol–water partition coefficient (Wildman–Crippen LogP) is 5.55. The Morgan fingerprint density at radius 1 is 0.939 bits per heavy atom. The molecule has 8 heteroatoms. The number of carbonyl (C=O) groups is 2. The first kappa shape index (κ1) is 24.4. The van der Waals surface area contributed by atoms with Crippen LogP contribution in [0.5, 0.6) is 5.75 Å². The Morgan fingerprint density at radius 2 is 1.61 bits per heavy atom. The first-order valence-electron chi connectivity index (χ1n) is 10.4. The Kier molecular flexibility index (Phi) is 8.97. The minimum atomic E-state index is -0.337. The summed E-state index contributed by atoms with van der Waals surface area (Å²) in [5.41, 5.74) is 3.03. The molecule has 3 aromatic rings. The van der Waals surface area contributed by atoms with E-state index in [2.05, 4.69) is 44.0 Å². The molecule has 0 aliphatic carbocycles. The van der Waals surface area contributed by atoms with Crippen molar-refractivity contribution in [3.8, 4) is 5.75 Å². The van der Waals surface area contributed by atoms with Gasteiger partial charge in [-0.05, 0) is 76.2 Å². The van der Waals surface area contributed by atoms with Gasteiger partial charge in [0.2, 0.25) is 5.91 Å². The molecular formula is C25H24BrN3O3S. The summed E-state index contributed by atoms with van der Waals surface area (Å²) in [5, 5.41) is 8.56. The van der Waals surface area contributed by atoms with E-state index in [4.69, 9.17) is 17.0 Å². The SMILES string of the molecule is CCC(=O)Nc1ccc(NC(=S)NC(=O)c2ccc(OCCc3ccccc3)c(Br)c2)cc1. The number of thiocarbonyl (C=S) groups is 1. The second kappa shape index (κ2) is 12.1. The summed E-state index contributed by atoms with van der Waals surface area (Å²) >= 11 is 8.71. The maximum atomic E-state index is 12.6. The van der Waals surface area contributed by atoms with Crippen LogP contribution in [0.3, 0.4) is 0 Å². The van der Waals surface area contributed by atoms with Crippen LogP contribution in [0.4, 0.5) is 11.4 Å². The number of hydrogen-bond donors (Lipinski definition) is 3. The first-order chi connectivity index (χ1) is 15.9. The highest BCUT2D eigenvalue weighted by Crippen LogP contribution is 2.26. The van der Waals surface area contributed by atoms with Crippen molar-refractivity contribution in [2.45, 2.75) is 19.8 Å². The Bertz CT molecular complexity index is 1120. The number of nitrogens with one attached hydrogen (secondary N) is 3. The fourth-order valence-electron chi connectivity index (χ4n) is 2.91. The van der Waals surface area contributed by atoms with Gasteiger partial charge in [0.1, 0.15) is 5.75 Å². The molecule has 0 aliphatic rings. The zero-order valence-electron chi connectivity index (χ0n) is 18.1. The van der Waals surface area contributed by atoms with E-state index in [9.17, 15) is 9.59 Å². The van der Waals surface area contributed by atoms with E-state index in [1.54, 1.807) is 49.4 Å². The van der Waals surface area contributed by atoms with E-state index >= 15 is 0 Å². The second-order valence-corrected chi connectivity index (χ2v) is 8.38. The topological polar surface area (TPSA) is 79.5 Å². The lowest BCUT2D eigenvalue weighted by molar-refractivity contribution is -0.115. The maximum Gasteiger partial charge on any atom is 0.257 e. The number of anilines is 2. The lowest BCUT2D eigenvalue weighted by Gasteiger charge is -2.12. The fraction of sp³-hybridized carbons (Fsp3) is 0.160. The Hall–Kier alpha value is -3.23. The quantitative estimate of drug-likeness (QED) is 0.336. The molecule has 3 rings (SSSR count). The summed E-state index contributed by atoms with van der Waals surface area (Å²) in [6.45, 7) is 2.32. The second-order valence-electron chi connectivity index (χ2n) is 7.12. The van der Waals surface area contributed by atoms with Gasteiger partial charge in [-0.3, -0.25) is 14.9 Å². The first-order valence-corrected chi connectivity index (χ1v) is 11.6. The van der Waals surface area contributed by atoms with E-state index in [0.29, 0.717) is 40.2 Å². The van der Waals surface area contributed by atoms with Crippen LogP contribution in [-0.2, 0) is 11.2 Å². The smallest absolute Gasteiger partial charge is 0.257 e. The van der Waals surface area contributed by atoms with Gasteiger partial charge in [0.05, 0.1) is 11.1 Å². The minimum absolute atomic E-state index is 0.0581. The molecule has 3 aromatic carbocycles. The molecule has 3 N–H and O–H groups in total. The lowest BCUT2D eigenvalue weighted by Crippen LogP contribution is -2.34. The molecule has 33 heavy (non-hydrogen) atoms. The summed E-state index contributed by atoms with van der Waals surface area (Å²) in [6.07, 6.45) is 1.20. The monoisotopic (exact) mass is 525 g/mol. The van der Waals surface area contributed by atoms with E-state index in [-0.39, 0.29) is 16.9 Å². The number of benzene rings is 3. The largest absolute Gasteiger partial charge is 0.492 e. The van der Waals surface area contributed by atoms with Gasteiger partial charge >= 0.3 is 0 Å². The van der Waals surface area contributed by atoms with Gasteiger partial charge in [0.15, 0.2) is 5.11 Å². The van der Waals surface area contributed by atoms with Crippen molar-refractivity contribution >= 4 is 56.4 Å². The molecule has 2 amide bonds. The molecule has 0 heterocycles. The molecule has 0 unspecified atom stereocenters. The van der Waals surface area contributed by atoms with Crippen LogP contribution < -0.4 is 20.7 Å². The highest BCUT2D eigenvalue weighted by molar-refractivity contribution is 9.10. The van der Waals surface area contributed by atoms with Gasteiger partial charge in [-0.2, -0.15) is 0 Å². The molecule has 0 spiro atoms. The van der Waals surface area contributed by atoms with Gasteiger partial charge in [0.25, 0.3) is 5.91 Å². The van der Waals surface area contributed by atoms with Crippen LogP contribution in [0, 0.1) is 0 Å². The molecule has 0 aromatic heterocycles. The van der Waals surface area contributed by atoms with Crippen molar-refractivity contribution < 1.29 is 14.3 Å². The Labute approximate surface area is 206 Å². The predicted molar refractivity (Wildman–Crippen MR) is 139 cm³/mol. The lowest BCUT2D eigenvalue weighted by atomic mass is 10.2. The molecule has 170 valence electrons. The molecule has 0 saturated carbocycles. The third-order valence-electron chi connectivity index (χ3n) is 4.66. The number of hydrogen-bond acceptors (Lipinski definition) is 4. The minimum Gasteiger partial charge on any atom is -0.492 e. The van der Waals surface area contributed by atoms with Gasteiger partial charge in [0, 0.05) is 29.8 Å².